The van der Waals surface area contributed by atoms with Gasteiger partial charge in [0.05, 0.1) is 12.7 Å². The number of hydrogen-bond donors (Lipinski definition) is 0. The van der Waals surface area contributed by atoms with Crippen LogP contribution >= 0.6 is 0 Å². The van der Waals surface area contributed by atoms with Gasteiger partial charge >= 0.3 is 5.69 Å². The Morgan fingerprint density at radius 2 is 2.08 bits per heavy atom. The number of furan rings is 1. The number of imidazole rings is 1. The predicted molar refractivity (Wildman–Crippen MR) is 89.8 cm³/mol. The number of hydrogen-bond acceptors (Lipinski definition) is 5. The second-order valence-corrected chi connectivity index (χ2v) is 6.46. The van der Waals surface area contributed by atoms with Gasteiger partial charge in [-0.15, -0.1) is 0 Å². The Hall–Kier alpha value is -2.41. The van der Waals surface area contributed by atoms with E-state index in [1.165, 1.54) is 6.33 Å². The van der Waals surface area contributed by atoms with Gasteiger partial charge in [0.25, 0.3) is 0 Å². The summed E-state index contributed by atoms with van der Waals surface area (Å²) in [6.07, 6.45) is 5.08. The zero-order valence-corrected chi connectivity index (χ0v) is 14.0. The van der Waals surface area contributed by atoms with E-state index >= 15 is 0 Å². The van der Waals surface area contributed by atoms with Gasteiger partial charge in [-0.05, 0) is 31.9 Å². The fourth-order valence-electron chi connectivity index (χ4n) is 3.55. The lowest BCUT2D eigenvalue weighted by atomic mass is 10.0. The van der Waals surface area contributed by atoms with Gasteiger partial charge in [-0.2, -0.15) is 0 Å². The number of likely N-dealkylation sites (tertiary alicyclic amines) is 1. The zero-order chi connectivity index (χ0) is 16.7. The summed E-state index contributed by atoms with van der Waals surface area (Å²) in [4.78, 5) is 23.3. The van der Waals surface area contributed by atoms with E-state index in [9.17, 15) is 4.79 Å². The molecular weight excluding hydrogens is 306 g/mol. The van der Waals surface area contributed by atoms with E-state index in [0.717, 1.165) is 55.2 Å². The van der Waals surface area contributed by atoms with Crippen LogP contribution in [0.5, 0.6) is 0 Å². The fraction of sp³-hybridized carbons (Fsp3) is 0.471. The van der Waals surface area contributed by atoms with Gasteiger partial charge in [-0.1, -0.05) is 0 Å². The van der Waals surface area contributed by atoms with Gasteiger partial charge in [0, 0.05) is 26.2 Å². The third-order valence-corrected chi connectivity index (χ3v) is 4.85. The minimum Gasteiger partial charge on any atom is -0.465 e. The predicted octanol–water partition coefficient (Wildman–Crippen LogP) is 1.87. The first kappa shape index (κ1) is 15.1. The highest BCUT2D eigenvalue weighted by atomic mass is 16.3. The van der Waals surface area contributed by atoms with Gasteiger partial charge in [0.15, 0.2) is 5.65 Å². The molecule has 0 aromatic carbocycles. The minimum atomic E-state index is -0.00870. The van der Waals surface area contributed by atoms with Crippen molar-refractivity contribution in [3.63, 3.8) is 0 Å². The standard InChI is InChI=1S/C17H21N5O2/c1-12-3-4-14(24-12)10-21-7-5-13(6-8-21)22-16-15(9-18-11-19-16)20(2)17(22)23/h3-4,9,11,13H,5-8,10H2,1-2H3. The molecule has 1 aliphatic heterocycles. The molecule has 3 aromatic heterocycles. The number of rotatable bonds is 3. The van der Waals surface area contributed by atoms with Crippen LogP contribution < -0.4 is 5.69 Å². The average molecular weight is 327 g/mol. The molecule has 0 atom stereocenters. The molecule has 0 bridgehead atoms. The van der Waals surface area contributed by atoms with E-state index < -0.39 is 0 Å². The number of aromatic nitrogens is 4. The summed E-state index contributed by atoms with van der Waals surface area (Å²) in [7, 11) is 1.78. The largest absolute Gasteiger partial charge is 0.465 e. The van der Waals surface area contributed by atoms with E-state index in [2.05, 4.69) is 14.9 Å². The van der Waals surface area contributed by atoms with Crippen molar-refractivity contribution in [2.75, 3.05) is 13.1 Å². The molecule has 0 amide bonds. The minimum absolute atomic E-state index is 0.00870. The number of nitrogens with zero attached hydrogens (tertiary/aromatic N) is 5. The SMILES string of the molecule is Cc1ccc(CN2CCC(n3c(=O)n(C)c4cncnc43)CC2)o1. The molecule has 3 aromatic rings. The maximum atomic E-state index is 12.6. The Balaban J connectivity index is 1.52. The highest BCUT2D eigenvalue weighted by Gasteiger charge is 2.25. The van der Waals surface area contributed by atoms with Crippen LogP contribution in [-0.4, -0.2) is 37.1 Å². The van der Waals surface area contributed by atoms with Crippen LogP contribution in [0.3, 0.4) is 0 Å². The highest BCUT2D eigenvalue weighted by Crippen LogP contribution is 2.25. The van der Waals surface area contributed by atoms with E-state index in [-0.39, 0.29) is 11.7 Å². The second kappa shape index (κ2) is 5.90. The van der Waals surface area contributed by atoms with Gasteiger partial charge in [0.1, 0.15) is 23.4 Å². The summed E-state index contributed by atoms with van der Waals surface area (Å²) >= 11 is 0. The summed E-state index contributed by atoms with van der Waals surface area (Å²) < 4.78 is 9.13. The molecular formula is C17H21N5O2. The average Bonchev–Trinajstić information content (AvgIpc) is 3.11. The first-order valence-electron chi connectivity index (χ1n) is 8.28. The van der Waals surface area contributed by atoms with Crippen LogP contribution in [0, 0.1) is 6.92 Å². The summed E-state index contributed by atoms with van der Waals surface area (Å²) in [6, 6.07) is 4.22. The Kier molecular flexibility index (Phi) is 3.72. The van der Waals surface area contributed by atoms with Crippen molar-refractivity contribution in [1.82, 2.24) is 24.0 Å². The number of aryl methyl sites for hydroxylation is 2. The molecule has 0 saturated carbocycles. The molecule has 1 saturated heterocycles. The lowest BCUT2D eigenvalue weighted by Gasteiger charge is -2.31. The lowest BCUT2D eigenvalue weighted by Crippen LogP contribution is -2.37. The Morgan fingerprint density at radius 1 is 1.29 bits per heavy atom. The van der Waals surface area contributed by atoms with Gasteiger partial charge < -0.3 is 4.42 Å². The topological polar surface area (TPSA) is 69.1 Å². The van der Waals surface area contributed by atoms with E-state index in [4.69, 9.17) is 4.42 Å². The van der Waals surface area contributed by atoms with Crippen LogP contribution in [-0.2, 0) is 13.6 Å². The maximum absolute atomic E-state index is 12.6. The van der Waals surface area contributed by atoms with Crippen molar-refractivity contribution >= 4 is 11.2 Å². The molecule has 1 fully saturated rings. The molecule has 0 spiro atoms. The molecule has 126 valence electrons. The molecule has 0 unspecified atom stereocenters. The third kappa shape index (κ3) is 2.54. The Morgan fingerprint density at radius 3 is 2.79 bits per heavy atom. The molecule has 24 heavy (non-hydrogen) atoms. The van der Waals surface area contributed by atoms with Crippen molar-refractivity contribution in [1.29, 1.82) is 0 Å². The fourth-order valence-corrected chi connectivity index (χ4v) is 3.55. The molecule has 1 aliphatic rings. The van der Waals surface area contributed by atoms with E-state index in [0.29, 0.717) is 0 Å². The van der Waals surface area contributed by atoms with Crippen molar-refractivity contribution in [3.05, 3.63) is 46.7 Å². The Bertz CT molecular complexity index is 915. The smallest absolute Gasteiger partial charge is 0.330 e. The van der Waals surface area contributed by atoms with Gasteiger partial charge in [-0.3, -0.25) is 14.0 Å². The molecule has 0 aliphatic carbocycles. The quantitative estimate of drug-likeness (QED) is 0.734. The van der Waals surface area contributed by atoms with Crippen molar-refractivity contribution in [2.24, 2.45) is 7.05 Å². The summed E-state index contributed by atoms with van der Waals surface area (Å²) in [5, 5.41) is 0. The summed E-state index contributed by atoms with van der Waals surface area (Å²) in [6.45, 7) is 4.67. The van der Waals surface area contributed by atoms with Crippen LogP contribution in [0.1, 0.15) is 30.4 Å². The number of fused-ring (bicyclic) bond motifs is 1. The van der Waals surface area contributed by atoms with Crippen LogP contribution in [0.25, 0.3) is 11.2 Å². The molecule has 7 heteroatoms. The second-order valence-electron chi connectivity index (χ2n) is 6.46. The maximum Gasteiger partial charge on any atom is 0.330 e. The van der Waals surface area contributed by atoms with Crippen LogP contribution in [0.2, 0.25) is 0 Å². The van der Waals surface area contributed by atoms with E-state index in [1.807, 2.05) is 23.6 Å². The Labute approximate surface area is 139 Å². The zero-order valence-electron chi connectivity index (χ0n) is 14.0. The highest BCUT2D eigenvalue weighted by molar-refractivity contribution is 5.70. The van der Waals surface area contributed by atoms with Gasteiger partial charge in [0.2, 0.25) is 0 Å². The molecule has 0 radical (unpaired) electrons. The molecule has 7 nitrogen and oxygen atoms in total. The molecule has 0 N–H and O–H groups in total. The van der Waals surface area contributed by atoms with Crippen molar-refractivity contribution in [2.45, 2.75) is 32.4 Å². The van der Waals surface area contributed by atoms with Crippen molar-refractivity contribution < 1.29 is 4.42 Å². The molecule has 4 rings (SSSR count). The van der Waals surface area contributed by atoms with Crippen LogP contribution in [0.15, 0.2) is 33.9 Å². The molecule has 4 heterocycles. The first-order valence-corrected chi connectivity index (χ1v) is 8.28. The third-order valence-electron chi connectivity index (χ3n) is 4.85. The van der Waals surface area contributed by atoms with E-state index in [1.54, 1.807) is 17.8 Å². The number of piperidine rings is 1. The lowest BCUT2D eigenvalue weighted by molar-refractivity contribution is 0.168. The van der Waals surface area contributed by atoms with Gasteiger partial charge in [-0.25, -0.2) is 14.8 Å². The normalized spacial score (nSPS) is 16.9. The summed E-state index contributed by atoms with van der Waals surface area (Å²) in [5.41, 5.74) is 1.51. The summed E-state index contributed by atoms with van der Waals surface area (Å²) in [5.74, 6) is 1.95. The van der Waals surface area contributed by atoms with Crippen LogP contribution in [0.4, 0.5) is 0 Å². The first-order chi connectivity index (χ1) is 11.6. The monoisotopic (exact) mass is 327 g/mol. The van der Waals surface area contributed by atoms with Crippen molar-refractivity contribution in [3.8, 4) is 0 Å².